The number of hydrogen-bond acceptors (Lipinski definition) is 5. The molecule has 9 heteroatoms. The van der Waals surface area contributed by atoms with Gasteiger partial charge in [-0.1, -0.05) is 11.6 Å². The Labute approximate surface area is 183 Å². The highest BCUT2D eigenvalue weighted by Gasteiger charge is 2.11. The van der Waals surface area contributed by atoms with Gasteiger partial charge in [-0.25, -0.2) is 4.98 Å². The highest BCUT2D eigenvalue weighted by atomic mass is 35.5. The predicted octanol–water partition coefficient (Wildman–Crippen LogP) is 4.70. The molecule has 3 amide bonds. The third-order valence-corrected chi connectivity index (χ3v) is 4.12. The van der Waals surface area contributed by atoms with E-state index in [1.165, 1.54) is 32.2 Å². The van der Waals surface area contributed by atoms with Crippen molar-refractivity contribution in [2.45, 2.75) is 13.8 Å². The Bertz CT molecular complexity index is 1080. The molecule has 158 valence electrons. The van der Waals surface area contributed by atoms with Crippen molar-refractivity contribution in [1.29, 1.82) is 0 Å². The van der Waals surface area contributed by atoms with Crippen LogP contribution in [0.3, 0.4) is 0 Å². The lowest BCUT2D eigenvalue weighted by Crippen LogP contribution is -2.15. The molecule has 0 spiro atoms. The molecule has 2 aromatic carbocycles. The Morgan fingerprint density at radius 2 is 1.42 bits per heavy atom. The molecule has 3 rings (SSSR count). The quantitative estimate of drug-likeness (QED) is 0.517. The van der Waals surface area contributed by atoms with Crippen molar-refractivity contribution in [1.82, 2.24) is 4.98 Å². The van der Waals surface area contributed by atoms with Crippen LogP contribution < -0.4 is 20.7 Å². The summed E-state index contributed by atoms with van der Waals surface area (Å²) >= 11 is 5.85. The van der Waals surface area contributed by atoms with Gasteiger partial charge in [0.1, 0.15) is 5.75 Å². The molecule has 1 aromatic heterocycles. The van der Waals surface area contributed by atoms with Crippen LogP contribution in [0.1, 0.15) is 24.2 Å². The molecule has 0 saturated carbocycles. The van der Waals surface area contributed by atoms with Gasteiger partial charge in [0, 0.05) is 41.9 Å². The van der Waals surface area contributed by atoms with Crippen molar-refractivity contribution >= 4 is 46.4 Å². The zero-order valence-electron chi connectivity index (χ0n) is 16.7. The first-order valence-corrected chi connectivity index (χ1v) is 9.57. The van der Waals surface area contributed by atoms with E-state index < -0.39 is 5.91 Å². The molecule has 0 bridgehead atoms. The van der Waals surface area contributed by atoms with Gasteiger partial charge in [0.2, 0.25) is 17.7 Å². The fraction of sp³-hybridized carbons (Fsp3) is 0.0909. The number of pyridine rings is 1. The van der Waals surface area contributed by atoms with Gasteiger partial charge in [-0.2, -0.15) is 0 Å². The van der Waals surface area contributed by atoms with Crippen LogP contribution in [-0.2, 0) is 9.59 Å². The van der Waals surface area contributed by atoms with Crippen LogP contribution in [0.25, 0.3) is 0 Å². The van der Waals surface area contributed by atoms with Crippen molar-refractivity contribution in [2.75, 3.05) is 16.0 Å². The number of carbonyl (C=O) groups excluding carboxylic acids is 3. The maximum atomic E-state index is 12.7. The predicted molar refractivity (Wildman–Crippen MR) is 119 cm³/mol. The standard InChI is InChI=1S/C22H19ClN4O4/c1-13(28)25-18-9-15(10-19(11-18)26-14(2)29)22(30)27-17-5-8-21(24-12-17)31-20-6-3-16(23)4-7-20/h3-12H,1-2H3,(H,25,28)(H,26,29)(H,27,30). The van der Waals surface area contributed by atoms with E-state index in [-0.39, 0.29) is 17.4 Å². The molecule has 8 nitrogen and oxygen atoms in total. The molecule has 0 aliphatic heterocycles. The second kappa shape index (κ2) is 9.73. The number of anilines is 3. The maximum absolute atomic E-state index is 12.7. The summed E-state index contributed by atoms with van der Waals surface area (Å²) in [5.41, 5.74) is 1.46. The highest BCUT2D eigenvalue weighted by Crippen LogP contribution is 2.23. The number of benzene rings is 2. The molecule has 1 heterocycles. The van der Waals surface area contributed by atoms with Crippen LogP contribution in [0.4, 0.5) is 17.1 Å². The van der Waals surface area contributed by atoms with E-state index in [1.807, 2.05) is 0 Å². The third-order valence-electron chi connectivity index (χ3n) is 3.87. The average Bonchev–Trinajstić information content (AvgIpc) is 2.70. The molecule has 0 unspecified atom stereocenters. The number of amides is 3. The first-order valence-electron chi connectivity index (χ1n) is 9.19. The topological polar surface area (TPSA) is 109 Å². The summed E-state index contributed by atoms with van der Waals surface area (Å²) in [4.78, 5) is 39.6. The number of aromatic nitrogens is 1. The number of nitrogens with zero attached hydrogens (tertiary/aromatic N) is 1. The third kappa shape index (κ3) is 6.55. The number of halogens is 1. The number of ether oxygens (including phenoxy) is 1. The molecule has 0 saturated heterocycles. The van der Waals surface area contributed by atoms with Crippen molar-refractivity contribution in [2.24, 2.45) is 0 Å². The van der Waals surface area contributed by atoms with Gasteiger partial charge in [0.15, 0.2) is 0 Å². The van der Waals surface area contributed by atoms with E-state index in [9.17, 15) is 14.4 Å². The lowest BCUT2D eigenvalue weighted by molar-refractivity contribution is -0.115. The largest absolute Gasteiger partial charge is 0.439 e. The van der Waals surface area contributed by atoms with Gasteiger partial charge in [0.05, 0.1) is 11.9 Å². The van der Waals surface area contributed by atoms with Crippen molar-refractivity contribution in [3.8, 4) is 11.6 Å². The Kier molecular flexibility index (Phi) is 6.84. The molecule has 3 aromatic rings. The summed E-state index contributed by atoms with van der Waals surface area (Å²) < 4.78 is 5.62. The molecule has 3 N–H and O–H groups in total. The number of carbonyl (C=O) groups is 3. The first kappa shape index (κ1) is 21.8. The maximum Gasteiger partial charge on any atom is 0.255 e. The number of hydrogen-bond donors (Lipinski definition) is 3. The van der Waals surface area contributed by atoms with E-state index >= 15 is 0 Å². The summed E-state index contributed by atoms with van der Waals surface area (Å²) in [6.45, 7) is 2.70. The van der Waals surface area contributed by atoms with Crippen molar-refractivity contribution < 1.29 is 19.1 Å². The van der Waals surface area contributed by atoms with Crippen molar-refractivity contribution in [3.05, 3.63) is 71.4 Å². The normalized spacial score (nSPS) is 10.2. The molecular weight excluding hydrogens is 420 g/mol. The summed E-state index contributed by atoms with van der Waals surface area (Å²) in [7, 11) is 0. The number of rotatable bonds is 6. The van der Waals surface area contributed by atoms with Gasteiger partial charge < -0.3 is 20.7 Å². The minimum Gasteiger partial charge on any atom is -0.439 e. The fourth-order valence-corrected chi connectivity index (χ4v) is 2.78. The lowest BCUT2D eigenvalue weighted by atomic mass is 10.1. The molecule has 0 aliphatic rings. The van der Waals surface area contributed by atoms with Crippen LogP contribution >= 0.6 is 11.6 Å². The Morgan fingerprint density at radius 3 is 1.94 bits per heavy atom. The van der Waals surface area contributed by atoms with E-state index in [0.717, 1.165) is 0 Å². The zero-order chi connectivity index (χ0) is 22.4. The van der Waals surface area contributed by atoms with E-state index in [1.54, 1.807) is 42.5 Å². The van der Waals surface area contributed by atoms with Gasteiger partial charge >= 0.3 is 0 Å². The summed E-state index contributed by atoms with van der Waals surface area (Å²) in [6.07, 6.45) is 1.45. The van der Waals surface area contributed by atoms with E-state index in [4.69, 9.17) is 16.3 Å². The molecular formula is C22H19ClN4O4. The molecule has 0 atom stereocenters. The van der Waals surface area contributed by atoms with E-state index in [0.29, 0.717) is 33.7 Å². The van der Waals surface area contributed by atoms with Gasteiger partial charge in [-0.05, 0) is 48.5 Å². The van der Waals surface area contributed by atoms with Crippen LogP contribution in [0.5, 0.6) is 11.6 Å². The van der Waals surface area contributed by atoms with Gasteiger partial charge in [0.25, 0.3) is 5.91 Å². The summed E-state index contributed by atoms with van der Waals surface area (Å²) in [5, 5.41) is 8.53. The van der Waals surface area contributed by atoms with Crippen molar-refractivity contribution in [3.63, 3.8) is 0 Å². The molecule has 0 aliphatic carbocycles. The fourth-order valence-electron chi connectivity index (χ4n) is 2.65. The summed E-state index contributed by atoms with van der Waals surface area (Å²) in [6, 6.07) is 14.7. The Balaban J connectivity index is 1.73. The zero-order valence-corrected chi connectivity index (χ0v) is 17.5. The van der Waals surface area contributed by atoms with Crippen LogP contribution in [0.2, 0.25) is 5.02 Å². The highest BCUT2D eigenvalue weighted by molar-refractivity contribution is 6.30. The molecule has 0 radical (unpaired) electrons. The molecule has 31 heavy (non-hydrogen) atoms. The second-order valence-electron chi connectivity index (χ2n) is 6.56. The second-order valence-corrected chi connectivity index (χ2v) is 6.99. The molecule has 0 fully saturated rings. The summed E-state index contributed by atoms with van der Waals surface area (Å²) in [5.74, 6) is -0.111. The van der Waals surface area contributed by atoms with Crippen LogP contribution in [0.15, 0.2) is 60.8 Å². The van der Waals surface area contributed by atoms with Gasteiger partial charge in [-0.3, -0.25) is 14.4 Å². The van der Waals surface area contributed by atoms with Gasteiger partial charge in [-0.15, -0.1) is 0 Å². The average molecular weight is 439 g/mol. The monoisotopic (exact) mass is 438 g/mol. The smallest absolute Gasteiger partial charge is 0.255 e. The number of nitrogens with one attached hydrogen (secondary N) is 3. The first-order chi connectivity index (χ1) is 14.8. The Morgan fingerprint density at radius 1 is 0.806 bits per heavy atom. The Hall–Kier alpha value is -3.91. The minimum absolute atomic E-state index is 0.247. The van der Waals surface area contributed by atoms with E-state index in [2.05, 4.69) is 20.9 Å². The SMILES string of the molecule is CC(=O)Nc1cc(NC(C)=O)cc(C(=O)Nc2ccc(Oc3ccc(Cl)cc3)nc2)c1. The lowest BCUT2D eigenvalue weighted by Gasteiger charge is -2.11. The minimum atomic E-state index is -0.438. The van der Waals surface area contributed by atoms with Crippen LogP contribution in [0, 0.1) is 0 Å². The van der Waals surface area contributed by atoms with Crippen LogP contribution in [-0.4, -0.2) is 22.7 Å².